The zero-order chi connectivity index (χ0) is 11.8. The average Bonchev–Trinajstić information content (AvgIpc) is 2.99. The minimum Gasteiger partial charge on any atom is -0.388 e. The second kappa shape index (κ2) is 3.86. The molecule has 2 rings (SSSR count). The van der Waals surface area contributed by atoms with Crippen LogP contribution in [0, 0.1) is 5.92 Å². The molecule has 0 bridgehead atoms. The molecule has 6 heteroatoms. The van der Waals surface area contributed by atoms with Crippen molar-refractivity contribution in [2.75, 3.05) is 6.54 Å². The van der Waals surface area contributed by atoms with E-state index < -0.39 is 5.60 Å². The van der Waals surface area contributed by atoms with Crippen LogP contribution in [0.2, 0.25) is 0 Å². The summed E-state index contributed by atoms with van der Waals surface area (Å²) in [4.78, 5) is 11.6. The van der Waals surface area contributed by atoms with Gasteiger partial charge in [-0.1, -0.05) is 5.21 Å². The molecule has 0 saturated heterocycles. The van der Waals surface area contributed by atoms with Crippen molar-refractivity contribution in [3.05, 3.63) is 11.9 Å². The summed E-state index contributed by atoms with van der Waals surface area (Å²) < 4.78 is 1.47. The topological polar surface area (TPSA) is 80.0 Å². The predicted octanol–water partition coefficient (Wildman–Crippen LogP) is -0.294. The van der Waals surface area contributed by atoms with Crippen LogP contribution < -0.4 is 5.32 Å². The quantitative estimate of drug-likeness (QED) is 0.736. The van der Waals surface area contributed by atoms with Crippen LogP contribution in [0.3, 0.4) is 0 Å². The fourth-order valence-corrected chi connectivity index (χ4v) is 1.65. The van der Waals surface area contributed by atoms with Crippen molar-refractivity contribution < 1.29 is 9.90 Å². The number of carbonyl (C=O) groups excluding carboxylic acids is 1. The first-order valence-electron chi connectivity index (χ1n) is 5.36. The number of nitrogens with zero attached hydrogens (tertiary/aromatic N) is 3. The molecule has 6 nitrogen and oxygen atoms in total. The molecule has 1 heterocycles. The van der Waals surface area contributed by atoms with Gasteiger partial charge < -0.3 is 10.4 Å². The van der Waals surface area contributed by atoms with Crippen LogP contribution in [0.25, 0.3) is 0 Å². The maximum Gasteiger partial charge on any atom is 0.273 e. The highest BCUT2D eigenvalue weighted by Crippen LogP contribution is 2.38. The molecule has 0 spiro atoms. The van der Waals surface area contributed by atoms with Gasteiger partial charge in [-0.3, -0.25) is 9.48 Å². The molecule has 0 aromatic carbocycles. The van der Waals surface area contributed by atoms with Crippen molar-refractivity contribution >= 4 is 5.91 Å². The summed E-state index contributed by atoms with van der Waals surface area (Å²) in [5.74, 6) is 0.0173. The first-order chi connectivity index (χ1) is 7.49. The van der Waals surface area contributed by atoms with Gasteiger partial charge in [0, 0.05) is 13.6 Å². The molecule has 1 fully saturated rings. The standard InChI is InChI=1S/C10H16N4O2/c1-10(16,7-3-4-7)6-11-9(15)8-5-14(2)13-12-8/h5,7,16H,3-4,6H2,1-2H3,(H,11,15)/t10-/m1/s1. The normalized spacial score (nSPS) is 19.2. The number of aliphatic hydroxyl groups is 1. The molecule has 88 valence electrons. The maximum absolute atomic E-state index is 11.6. The van der Waals surface area contributed by atoms with E-state index in [4.69, 9.17) is 0 Å². The number of aromatic nitrogens is 3. The number of hydrogen-bond acceptors (Lipinski definition) is 4. The largest absolute Gasteiger partial charge is 0.388 e. The summed E-state index contributed by atoms with van der Waals surface area (Å²) in [7, 11) is 1.70. The predicted molar refractivity (Wildman–Crippen MR) is 56.7 cm³/mol. The Kier molecular flexibility index (Phi) is 2.67. The van der Waals surface area contributed by atoms with Gasteiger partial charge in [-0.2, -0.15) is 0 Å². The van der Waals surface area contributed by atoms with Crippen molar-refractivity contribution in [2.45, 2.75) is 25.4 Å². The molecule has 1 saturated carbocycles. The van der Waals surface area contributed by atoms with E-state index in [0.29, 0.717) is 5.92 Å². The second-order valence-corrected chi connectivity index (χ2v) is 4.59. The Hall–Kier alpha value is -1.43. The van der Waals surface area contributed by atoms with Gasteiger partial charge in [-0.25, -0.2) is 0 Å². The van der Waals surface area contributed by atoms with Gasteiger partial charge in [0.05, 0.1) is 11.8 Å². The van der Waals surface area contributed by atoms with E-state index in [2.05, 4.69) is 15.6 Å². The molecule has 1 amide bonds. The van der Waals surface area contributed by atoms with Crippen LogP contribution in [0.5, 0.6) is 0 Å². The summed E-state index contributed by atoms with van der Waals surface area (Å²) in [6.45, 7) is 2.01. The molecular formula is C10H16N4O2. The van der Waals surface area contributed by atoms with Gasteiger partial charge in [0.15, 0.2) is 5.69 Å². The van der Waals surface area contributed by atoms with Crippen LogP contribution >= 0.6 is 0 Å². The Balaban J connectivity index is 1.88. The van der Waals surface area contributed by atoms with Crippen LogP contribution in [0.4, 0.5) is 0 Å². The van der Waals surface area contributed by atoms with Crippen LogP contribution in [-0.2, 0) is 7.05 Å². The minimum atomic E-state index is -0.808. The van der Waals surface area contributed by atoms with E-state index >= 15 is 0 Å². The highest BCUT2D eigenvalue weighted by atomic mass is 16.3. The molecule has 2 N–H and O–H groups in total. The van der Waals surface area contributed by atoms with E-state index in [-0.39, 0.29) is 18.1 Å². The number of amides is 1. The minimum absolute atomic E-state index is 0.257. The third-order valence-corrected chi connectivity index (χ3v) is 2.90. The monoisotopic (exact) mass is 224 g/mol. The third-order valence-electron chi connectivity index (χ3n) is 2.90. The molecule has 1 aliphatic rings. The Bertz CT molecular complexity index is 395. The first kappa shape index (κ1) is 11.1. The fraction of sp³-hybridized carbons (Fsp3) is 0.700. The Morgan fingerprint density at radius 2 is 2.44 bits per heavy atom. The summed E-state index contributed by atoms with van der Waals surface area (Å²) in [5.41, 5.74) is -0.535. The van der Waals surface area contributed by atoms with Gasteiger partial charge in [0.2, 0.25) is 0 Å². The highest BCUT2D eigenvalue weighted by molar-refractivity contribution is 5.91. The van der Waals surface area contributed by atoms with E-state index in [1.807, 2.05) is 0 Å². The van der Waals surface area contributed by atoms with Crippen molar-refractivity contribution in [3.63, 3.8) is 0 Å². The summed E-state index contributed by atoms with van der Waals surface area (Å²) in [5, 5.41) is 20.0. The van der Waals surface area contributed by atoms with Crippen molar-refractivity contribution in [1.82, 2.24) is 20.3 Å². The lowest BCUT2D eigenvalue weighted by Crippen LogP contribution is -2.42. The lowest BCUT2D eigenvalue weighted by atomic mass is 10.0. The maximum atomic E-state index is 11.6. The van der Waals surface area contributed by atoms with Crippen LogP contribution in [0.15, 0.2) is 6.20 Å². The molecule has 0 radical (unpaired) electrons. The Labute approximate surface area is 93.6 Å². The molecule has 1 atom stereocenters. The molecule has 1 aliphatic carbocycles. The highest BCUT2D eigenvalue weighted by Gasteiger charge is 2.40. The second-order valence-electron chi connectivity index (χ2n) is 4.59. The lowest BCUT2D eigenvalue weighted by Gasteiger charge is -2.22. The number of rotatable bonds is 4. The van der Waals surface area contributed by atoms with E-state index in [0.717, 1.165) is 12.8 Å². The summed E-state index contributed by atoms with van der Waals surface area (Å²) in [6.07, 6.45) is 3.61. The molecule has 1 aromatic rings. The van der Waals surface area contributed by atoms with Gasteiger partial charge in [0.1, 0.15) is 0 Å². The van der Waals surface area contributed by atoms with Gasteiger partial charge in [-0.05, 0) is 25.7 Å². The number of aryl methyl sites for hydroxylation is 1. The smallest absolute Gasteiger partial charge is 0.273 e. The third kappa shape index (κ3) is 2.38. The first-order valence-corrected chi connectivity index (χ1v) is 5.36. The molecule has 0 aliphatic heterocycles. The average molecular weight is 224 g/mol. The number of nitrogens with one attached hydrogen (secondary N) is 1. The Morgan fingerprint density at radius 1 is 1.75 bits per heavy atom. The lowest BCUT2D eigenvalue weighted by molar-refractivity contribution is 0.0353. The Morgan fingerprint density at radius 3 is 2.94 bits per heavy atom. The van der Waals surface area contributed by atoms with Crippen LogP contribution in [0.1, 0.15) is 30.3 Å². The van der Waals surface area contributed by atoms with Gasteiger partial charge >= 0.3 is 0 Å². The fourth-order valence-electron chi connectivity index (χ4n) is 1.65. The van der Waals surface area contributed by atoms with Crippen molar-refractivity contribution in [1.29, 1.82) is 0 Å². The summed E-state index contributed by atoms with van der Waals surface area (Å²) >= 11 is 0. The SMILES string of the molecule is Cn1cc(C(=O)NC[C@@](C)(O)C2CC2)nn1. The van der Waals surface area contributed by atoms with Crippen LogP contribution in [-0.4, -0.2) is 38.2 Å². The molecule has 16 heavy (non-hydrogen) atoms. The van der Waals surface area contributed by atoms with E-state index in [9.17, 15) is 9.90 Å². The summed E-state index contributed by atoms with van der Waals surface area (Å²) in [6, 6.07) is 0. The molecule has 1 aromatic heterocycles. The van der Waals surface area contributed by atoms with E-state index in [1.54, 1.807) is 20.2 Å². The van der Waals surface area contributed by atoms with Gasteiger partial charge in [-0.15, -0.1) is 5.10 Å². The molecule has 0 unspecified atom stereocenters. The van der Waals surface area contributed by atoms with Crippen molar-refractivity contribution in [3.8, 4) is 0 Å². The van der Waals surface area contributed by atoms with Crippen molar-refractivity contribution in [2.24, 2.45) is 13.0 Å². The molecular weight excluding hydrogens is 208 g/mol. The number of hydrogen-bond donors (Lipinski definition) is 2. The zero-order valence-corrected chi connectivity index (χ0v) is 9.47. The number of carbonyl (C=O) groups is 1. The van der Waals surface area contributed by atoms with Gasteiger partial charge in [0.25, 0.3) is 5.91 Å². The zero-order valence-electron chi connectivity index (χ0n) is 9.47. The van der Waals surface area contributed by atoms with E-state index in [1.165, 1.54) is 4.68 Å².